The summed E-state index contributed by atoms with van der Waals surface area (Å²) in [5.41, 5.74) is 1.69. The first kappa shape index (κ1) is 17.4. The van der Waals surface area contributed by atoms with Crippen molar-refractivity contribution >= 4 is 22.5 Å². The number of aryl methyl sites for hydroxylation is 2. The highest BCUT2D eigenvalue weighted by Crippen LogP contribution is 2.19. The average molecular weight is 365 g/mol. The van der Waals surface area contributed by atoms with Crippen molar-refractivity contribution in [2.75, 3.05) is 5.32 Å². The van der Waals surface area contributed by atoms with Gasteiger partial charge in [-0.1, -0.05) is 12.5 Å². The van der Waals surface area contributed by atoms with Crippen LogP contribution in [0.1, 0.15) is 41.0 Å². The zero-order valence-electron chi connectivity index (χ0n) is 15.1. The third-order valence-corrected chi connectivity index (χ3v) is 4.95. The van der Waals surface area contributed by atoms with Gasteiger partial charge in [0.1, 0.15) is 11.6 Å². The highest BCUT2D eigenvalue weighted by molar-refractivity contribution is 6.06. The molecule has 3 aromatic rings. The van der Waals surface area contributed by atoms with Crippen molar-refractivity contribution in [1.29, 1.82) is 0 Å². The van der Waals surface area contributed by atoms with Crippen molar-refractivity contribution in [1.82, 2.24) is 9.55 Å². The normalized spacial score (nSPS) is 13.9. The molecule has 0 aliphatic carbocycles. The van der Waals surface area contributed by atoms with E-state index in [4.69, 9.17) is 0 Å². The minimum atomic E-state index is -0.481. The first-order valence-corrected chi connectivity index (χ1v) is 9.14. The Balaban J connectivity index is 1.70. The van der Waals surface area contributed by atoms with Crippen LogP contribution >= 0.6 is 0 Å². The number of halogens is 1. The summed E-state index contributed by atoms with van der Waals surface area (Å²) >= 11 is 0. The molecule has 4 rings (SSSR count). The van der Waals surface area contributed by atoms with Crippen LogP contribution in [0.5, 0.6) is 0 Å². The lowest BCUT2D eigenvalue weighted by atomic mass is 10.1. The molecule has 0 fully saturated rings. The van der Waals surface area contributed by atoms with Gasteiger partial charge in [-0.2, -0.15) is 0 Å². The molecule has 1 aliphatic rings. The summed E-state index contributed by atoms with van der Waals surface area (Å²) in [6.45, 7) is 2.47. The Morgan fingerprint density at radius 1 is 1.15 bits per heavy atom. The van der Waals surface area contributed by atoms with Gasteiger partial charge in [0.15, 0.2) is 0 Å². The second-order valence-electron chi connectivity index (χ2n) is 6.96. The molecule has 138 valence electrons. The van der Waals surface area contributed by atoms with Gasteiger partial charge < -0.3 is 5.32 Å². The number of anilines is 1. The highest BCUT2D eigenvalue weighted by atomic mass is 19.1. The maximum Gasteiger partial charge on any atom is 0.261 e. The molecule has 1 amide bonds. The standard InChI is InChI=1S/C21H20FN3O2/c1-13-6-9-17(16(22)11-13)24-20(26)14-7-8-15-18(12-14)23-19-5-3-2-4-10-25(19)21(15)27/h6-9,11-12H,2-5,10H2,1H3,(H,24,26). The van der Waals surface area contributed by atoms with Crippen LogP contribution in [0.2, 0.25) is 0 Å². The average Bonchev–Trinajstić information content (AvgIpc) is 2.89. The minimum absolute atomic E-state index is 0.0616. The fourth-order valence-electron chi connectivity index (χ4n) is 3.48. The topological polar surface area (TPSA) is 64.0 Å². The van der Waals surface area contributed by atoms with Crippen LogP contribution in [0, 0.1) is 12.7 Å². The number of nitrogens with zero attached hydrogens (tertiary/aromatic N) is 2. The summed E-state index contributed by atoms with van der Waals surface area (Å²) in [5, 5.41) is 3.08. The van der Waals surface area contributed by atoms with E-state index in [1.54, 1.807) is 35.8 Å². The number of aromatic nitrogens is 2. The maximum absolute atomic E-state index is 14.0. The summed E-state index contributed by atoms with van der Waals surface area (Å²) in [7, 11) is 0. The molecule has 0 radical (unpaired) electrons. The lowest BCUT2D eigenvalue weighted by molar-refractivity contribution is 0.102. The van der Waals surface area contributed by atoms with Gasteiger partial charge in [0.2, 0.25) is 0 Å². The van der Waals surface area contributed by atoms with Crippen molar-refractivity contribution in [3.05, 3.63) is 69.5 Å². The molecule has 0 atom stereocenters. The van der Waals surface area contributed by atoms with E-state index in [1.165, 1.54) is 12.1 Å². The Bertz CT molecular complexity index is 1100. The van der Waals surface area contributed by atoms with Crippen LogP contribution in [0.25, 0.3) is 10.9 Å². The van der Waals surface area contributed by atoms with E-state index in [1.807, 2.05) is 0 Å². The Hall–Kier alpha value is -3.02. The molecule has 0 unspecified atom stereocenters. The molecule has 0 bridgehead atoms. The van der Waals surface area contributed by atoms with Gasteiger partial charge in [-0.25, -0.2) is 9.37 Å². The second-order valence-corrected chi connectivity index (χ2v) is 6.96. The number of hydrogen-bond acceptors (Lipinski definition) is 3. The van der Waals surface area contributed by atoms with Crippen LogP contribution in [0.15, 0.2) is 41.2 Å². The van der Waals surface area contributed by atoms with Gasteiger partial charge in [-0.05, 0) is 55.7 Å². The van der Waals surface area contributed by atoms with Gasteiger partial charge >= 0.3 is 0 Å². The van der Waals surface area contributed by atoms with Crippen LogP contribution in [-0.2, 0) is 13.0 Å². The lowest BCUT2D eigenvalue weighted by Gasteiger charge is -2.11. The van der Waals surface area contributed by atoms with Crippen LogP contribution < -0.4 is 10.9 Å². The van der Waals surface area contributed by atoms with Crippen molar-refractivity contribution < 1.29 is 9.18 Å². The number of rotatable bonds is 2. The number of benzene rings is 2. The van der Waals surface area contributed by atoms with E-state index < -0.39 is 11.7 Å². The third-order valence-electron chi connectivity index (χ3n) is 4.95. The summed E-state index contributed by atoms with van der Waals surface area (Å²) < 4.78 is 15.7. The summed E-state index contributed by atoms with van der Waals surface area (Å²) in [6.07, 6.45) is 3.82. The number of carbonyl (C=O) groups excluding carboxylic acids is 1. The van der Waals surface area contributed by atoms with Crippen LogP contribution in [0.3, 0.4) is 0 Å². The molecule has 6 heteroatoms. The largest absolute Gasteiger partial charge is 0.319 e. The molecule has 2 aromatic carbocycles. The monoisotopic (exact) mass is 365 g/mol. The predicted molar refractivity (Wildman–Crippen MR) is 103 cm³/mol. The minimum Gasteiger partial charge on any atom is -0.319 e. The Morgan fingerprint density at radius 3 is 2.81 bits per heavy atom. The predicted octanol–water partition coefficient (Wildman–Crippen LogP) is 3.82. The second kappa shape index (κ2) is 6.95. The molecular weight excluding hydrogens is 345 g/mol. The smallest absolute Gasteiger partial charge is 0.261 e. The number of hydrogen-bond donors (Lipinski definition) is 1. The fraction of sp³-hybridized carbons (Fsp3) is 0.286. The van der Waals surface area contributed by atoms with Gasteiger partial charge in [0.05, 0.1) is 16.6 Å². The Morgan fingerprint density at radius 2 is 2.00 bits per heavy atom. The summed E-state index contributed by atoms with van der Waals surface area (Å²) in [5.74, 6) is -0.144. The lowest BCUT2D eigenvalue weighted by Crippen LogP contribution is -2.24. The van der Waals surface area contributed by atoms with Crippen molar-refractivity contribution in [2.24, 2.45) is 0 Å². The number of fused-ring (bicyclic) bond motifs is 2. The van der Waals surface area contributed by atoms with Gasteiger partial charge in [-0.15, -0.1) is 0 Å². The molecule has 0 saturated carbocycles. The fourth-order valence-corrected chi connectivity index (χ4v) is 3.48. The highest BCUT2D eigenvalue weighted by Gasteiger charge is 2.16. The van der Waals surface area contributed by atoms with Crippen molar-refractivity contribution in [3.63, 3.8) is 0 Å². The molecule has 27 heavy (non-hydrogen) atoms. The van der Waals surface area contributed by atoms with Crippen LogP contribution in [-0.4, -0.2) is 15.5 Å². The molecule has 2 heterocycles. The summed E-state index contributed by atoms with van der Waals surface area (Å²) in [6, 6.07) is 9.45. The van der Waals surface area contributed by atoms with Crippen LogP contribution in [0.4, 0.5) is 10.1 Å². The Kier molecular flexibility index (Phi) is 4.48. The summed E-state index contributed by atoms with van der Waals surface area (Å²) in [4.78, 5) is 29.9. The molecule has 1 aromatic heterocycles. The molecule has 1 aliphatic heterocycles. The van der Waals surface area contributed by atoms with E-state index >= 15 is 0 Å². The van der Waals surface area contributed by atoms with E-state index in [0.717, 1.165) is 37.1 Å². The number of carbonyl (C=O) groups is 1. The first-order chi connectivity index (χ1) is 13.0. The maximum atomic E-state index is 14.0. The third kappa shape index (κ3) is 3.35. The quantitative estimate of drug-likeness (QED) is 0.751. The number of amides is 1. The van der Waals surface area contributed by atoms with Crippen molar-refractivity contribution in [2.45, 2.75) is 39.2 Å². The van der Waals surface area contributed by atoms with E-state index in [2.05, 4.69) is 10.3 Å². The first-order valence-electron chi connectivity index (χ1n) is 9.14. The number of nitrogens with one attached hydrogen (secondary N) is 1. The molecule has 1 N–H and O–H groups in total. The molecule has 0 spiro atoms. The van der Waals surface area contributed by atoms with E-state index in [0.29, 0.717) is 23.0 Å². The Labute approximate surface area is 155 Å². The zero-order chi connectivity index (χ0) is 19.0. The molecule has 5 nitrogen and oxygen atoms in total. The van der Waals surface area contributed by atoms with Crippen molar-refractivity contribution in [3.8, 4) is 0 Å². The SMILES string of the molecule is Cc1ccc(NC(=O)c2ccc3c(=O)n4c(nc3c2)CCCCC4)c(F)c1. The molecule has 0 saturated heterocycles. The van der Waals surface area contributed by atoms with Gasteiger partial charge in [0, 0.05) is 18.5 Å². The van der Waals surface area contributed by atoms with Gasteiger partial charge in [0.25, 0.3) is 11.5 Å². The molecular formula is C21H20FN3O2. The van der Waals surface area contributed by atoms with E-state index in [9.17, 15) is 14.0 Å². The van der Waals surface area contributed by atoms with Gasteiger partial charge in [-0.3, -0.25) is 14.2 Å². The van der Waals surface area contributed by atoms with E-state index in [-0.39, 0.29) is 11.2 Å². The zero-order valence-corrected chi connectivity index (χ0v) is 15.1.